The van der Waals surface area contributed by atoms with Gasteiger partial charge in [-0.2, -0.15) is 4.31 Å². The number of nitrogens with zero attached hydrogens (tertiary/aromatic N) is 2. The lowest BCUT2D eigenvalue weighted by atomic mass is 9.87. The molecule has 35 heavy (non-hydrogen) atoms. The number of furan rings is 1. The molecule has 1 N–H and O–H groups in total. The van der Waals surface area contributed by atoms with Crippen LogP contribution in [0, 0.1) is 0 Å². The molecule has 3 aromatic rings. The minimum Gasteiger partial charge on any atom is -0.459 e. The van der Waals surface area contributed by atoms with E-state index in [1.165, 1.54) is 10.6 Å². The van der Waals surface area contributed by atoms with Gasteiger partial charge in [0, 0.05) is 43.9 Å². The lowest BCUT2D eigenvalue weighted by Gasteiger charge is -2.33. The van der Waals surface area contributed by atoms with Crippen LogP contribution in [0.4, 0.5) is 0 Å². The van der Waals surface area contributed by atoms with Gasteiger partial charge in [0.05, 0.1) is 17.9 Å². The van der Waals surface area contributed by atoms with Gasteiger partial charge < -0.3 is 19.4 Å². The van der Waals surface area contributed by atoms with Gasteiger partial charge in [-0.15, -0.1) is 0 Å². The summed E-state index contributed by atoms with van der Waals surface area (Å²) in [6.07, 6.45) is 1.43. The Balaban J connectivity index is 1.19. The second-order valence-electron chi connectivity index (χ2n) is 8.39. The van der Waals surface area contributed by atoms with Crippen LogP contribution in [0.5, 0.6) is 11.5 Å². The lowest BCUT2D eigenvalue weighted by molar-refractivity contribution is -0.121. The van der Waals surface area contributed by atoms with E-state index in [9.17, 15) is 18.0 Å². The molecule has 10 heteroatoms. The van der Waals surface area contributed by atoms with Crippen LogP contribution in [-0.4, -0.2) is 67.9 Å². The third-order valence-electron chi connectivity index (χ3n) is 6.25. The molecule has 0 spiro atoms. The number of benzene rings is 2. The molecule has 0 aliphatic carbocycles. The number of para-hydroxylation sites is 2. The molecule has 1 saturated heterocycles. The topological polar surface area (TPSA) is 109 Å². The number of hydrogen-bond acceptors (Lipinski definition) is 6. The molecule has 2 aliphatic rings. The van der Waals surface area contributed by atoms with Crippen LogP contribution in [0.3, 0.4) is 0 Å². The molecule has 0 saturated carbocycles. The number of carbonyl (C=O) groups is 2. The Morgan fingerprint density at radius 2 is 1.51 bits per heavy atom. The normalized spacial score (nSPS) is 16.2. The Bertz CT molecular complexity index is 1290. The maximum Gasteiger partial charge on any atom is 0.289 e. The van der Waals surface area contributed by atoms with Gasteiger partial charge in [0.2, 0.25) is 15.9 Å². The highest BCUT2D eigenvalue weighted by Crippen LogP contribution is 2.43. The summed E-state index contributed by atoms with van der Waals surface area (Å²) in [5, 5.41) is 2.80. The molecule has 0 bridgehead atoms. The van der Waals surface area contributed by atoms with Crippen molar-refractivity contribution < 1.29 is 27.2 Å². The van der Waals surface area contributed by atoms with Crippen molar-refractivity contribution in [1.82, 2.24) is 14.5 Å². The highest BCUT2D eigenvalue weighted by molar-refractivity contribution is 7.89. The fourth-order valence-corrected chi connectivity index (χ4v) is 5.79. The van der Waals surface area contributed by atoms with E-state index in [1.54, 1.807) is 17.0 Å². The van der Waals surface area contributed by atoms with Crippen LogP contribution in [0.2, 0.25) is 0 Å². The van der Waals surface area contributed by atoms with E-state index in [0.717, 1.165) is 11.1 Å². The zero-order valence-electron chi connectivity index (χ0n) is 18.9. The van der Waals surface area contributed by atoms with E-state index >= 15 is 0 Å². The van der Waals surface area contributed by atoms with Crippen LogP contribution in [0.25, 0.3) is 0 Å². The summed E-state index contributed by atoms with van der Waals surface area (Å²) < 4.78 is 38.2. The number of ether oxygens (including phenoxy) is 1. The smallest absolute Gasteiger partial charge is 0.289 e. The summed E-state index contributed by atoms with van der Waals surface area (Å²) in [4.78, 5) is 27.2. The largest absolute Gasteiger partial charge is 0.459 e. The number of amides is 2. The summed E-state index contributed by atoms with van der Waals surface area (Å²) in [5.74, 6) is 0.114. The van der Waals surface area contributed by atoms with Crippen molar-refractivity contribution in [3.8, 4) is 11.5 Å². The van der Waals surface area contributed by atoms with E-state index in [1.807, 2.05) is 48.5 Å². The Kier molecular flexibility index (Phi) is 6.31. The van der Waals surface area contributed by atoms with Crippen molar-refractivity contribution in [2.24, 2.45) is 0 Å². The highest BCUT2D eigenvalue weighted by atomic mass is 32.2. The van der Waals surface area contributed by atoms with Gasteiger partial charge in [0.15, 0.2) is 5.76 Å². The first-order valence-corrected chi connectivity index (χ1v) is 13.0. The van der Waals surface area contributed by atoms with Crippen molar-refractivity contribution >= 4 is 21.8 Å². The van der Waals surface area contributed by atoms with Crippen molar-refractivity contribution in [2.45, 2.75) is 5.92 Å². The maximum atomic E-state index is 13.2. The van der Waals surface area contributed by atoms with E-state index in [2.05, 4.69) is 5.32 Å². The van der Waals surface area contributed by atoms with Crippen LogP contribution >= 0.6 is 0 Å². The van der Waals surface area contributed by atoms with E-state index in [0.29, 0.717) is 11.5 Å². The first kappa shape index (κ1) is 23.1. The second kappa shape index (κ2) is 9.55. The van der Waals surface area contributed by atoms with Crippen molar-refractivity contribution in [3.05, 3.63) is 83.8 Å². The van der Waals surface area contributed by atoms with Crippen LogP contribution in [0.15, 0.2) is 71.3 Å². The first-order chi connectivity index (χ1) is 16.9. The fraction of sp³-hybridized carbons (Fsp3) is 0.280. The molecule has 0 radical (unpaired) electrons. The fourth-order valence-electron chi connectivity index (χ4n) is 4.45. The van der Waals surface area contributed by atoms with Crippen molar-refractivity contribution in [1.29, 1.82) is 0 Å². The van der Waals surface area contributed by atoms with Crippen molar-refractivity contribution in [3.63, 3.8) is 0 Å². The molecule has 3 heterocycles. The molecular formula is C25H25N3O6S. The molecule has 2 aliphatic heterocycles. The molecule has 2 amide bonds. The number of hydrogen-bond donors (Lipinski definition) is 1. The van der Waals surface area contributed by atoms with Gasteiger partial charge in [-0.25, -0.2) is 8.42 Å². The standard InChI is InChI=1S/C25H25N3O6S/c29-24(23-18-6-1-3-8-20(18)34-21-9-4-2-7-19(21)23)26-11-17-35(31,32)28-14-12-27(13-15-28)25(30)22-10-5-16-33-22/h1-10,16,23H,11-15,17H2,(H,26,29). The molecule has 1 aromatic heterocycles. The van der Waals surface area contributed by atoms with Crippen LogP contribution in [-0.2, 0) is 14.8 Å². The summed E-state index contributed by atoms with van der Waals surface area (Å²) in [6, 6.07) is 17.9. The predicted octanol–water partition coefficient (Wildman–Crippen LogP) is 2.42. The number of sulfonamides is 1. The minimum absolute atomic E-state index is 0.0194. The molecule has 9 nitrogen and oxygen atoms in total. The Hall–Kier alpha value is -3.63. The van der Waals surface area contributed by atoms with E-state index < -0.39 is 15.9 Å². The average Bonchev–Trinajstić information content (AvgIpc) is 3.42. The SMILES string of the molecule is O=C(NCCS(=O)(=O)N1CCN(C(=O)c2ccco2)CC1)C1c2ccccc2Oc2ccccc21. The molecule has 5 rings (SSSR count). The third kappa shape index (κ3) is 4.67. The summed E-state index contributed by atoms with van der Waals surface area (Å²) >= 11 is 0. The monoisotopic (exact) mass is 495 g/mol. The first-order valence-electron chi connectivity index (χ1n) is 11.4. The summed E-state index contributed by atoms with van der Waals surface area (Å²) in [6.45, 7) is 0.933. The lowest BCUT2D eigenvalue weighted by Crippen LogP contribution is -2.51. The number of fused-ring (bicyclic) bond motifs is 2. The summed E-state index contributed by atoms with van der Waals surface area (Å²) in [5.41, 5.74) is 1.48. The molecule has 2 aromatic carbocycles. The van der Waals surface area contributed by atoms with Gasteiger partial charge in [0.25, 0.3) is 5.91 Å². The van der Waals surface area contributed by atoms with E-state index in [4.69, 9.17) is 9.15 Å². The molecule has 182 valence electrons. The zero-order chi connectivity index (χ0) is 24.4. The Morgan fingerprint density at radius 1 is 0.886 bits per heavy atom. The zero-order valence-corrected chi connectivity index (χ0v) is 19.7. The van der Waals surface area contributed by atoms with Gasteiger partial charge in [0.1, 0.15) is 11.5 Å². The molecule has 0 atom stereocenters. The molecular weight excluding hydrogens is 470 g/mol. The second-order valence-corrected chi connectivity index (χ2v) is 10.5. The summed E-state index contributed by atoms with van der Waals surface area (Å²) in [7, 11) is -3.60. The Labute approximate surface area is 203 Å². The predicted molar refractivity (Wildman–Crippen MR) is 128 cm³/mol. The average molecular weight is 496 g/mol. The molecule has 0 unspecified atom stereocenters. The van der Waals surface area contributed by atoms with E-state index in [-0.39, 0.29) is 56.1 Å². The van der Waals surface area contributed by atoms with Crippen LogP contribution in [0.1, 0.15) is 27.6 Å². The quantitative estimate of drug-likeness (QED) is 0.563. The number of piperazine rings is 1. The maximum absolute atomic E-state index is 13.2. The minimum atomic E-state index is -3.60. The van der Waals surface area contributed by atoms with Gasteiger partial charge in [-0.1, -0.05) is 36.4 Å². The van der Waals surface area contributed by atoms with Gasteiger partial charge in [-0.05, 0) is 24.3 Å². The third-order valence-corrected chi connectivity index (χ3v) is 8.12. The highest BCUT2D eigenvalue weighted by Gasteiger charge is 2.33. The number of carbonyl (C=O) groups excluding carboxylic acids is 2. The number of rotatable bonds is 6. The Morgan fingerprint density at radius 3 is 2.11 bits per heavy atom. The van der Waals surface area contributed by atoms with Crippen molar-refractivity contribution in [2.75, 3.05) is 38.5 Å². The van der Waals surface area contributed by atoms with Gasteiger partial charge >= 0.3 is 0 Å². The van der Waals surface area contributed by atoms with Gasteiger partial charge in [-0.3, -0.25) is 9.59 Å². The van der Waals surface area contributed by atoms with Crippen LogP contribution < -0.4 is 10.1 Å². The number of nitrogens with one attached hydrogen (secondary N) is 1. The molecule has 1 fully saturated rings.